The van der Waals surface area contributed by atoms with Crippen LogP contribution in [0, 0.1) is 0 Å². The fourth-order valence-electron chi connectivity index (χ4n) is 3.36. The summed E-state index contributed by atoms with van der Waals surface area (Å²) < 4.78 is 5.16. The first-order valence-electron chi connectivity index (χ1n) is 9.18. The molecule has 2 aliphatic rings. The van der Waals surface area contributed by atoms with Gasteiger partial charge >= 0.3 is 0 Å². The zero-order valence-electron chi connectivity index (χ0n) is 15.7. The summed E-state index contributed by atoms with van der Waals surface area (Å²) in [4.78, 5) is 28.9. The molecule has 27 heavy (non-hydrogen) atoms. The smallest absolute Gasteiger partial charge is 0.240 e. The van der Waals surface area contributed by atoms with Crippen molar-refractivity contribution in [3.8, 4) is 5.75 Å². The number of hydrogen-bond acceptors (Lipinski definition) is 5. The Bertz CT molecular complexity index is 623. The molecule has 0 spiro atoms. The maximum absolute atomic E-state index is 12.6. The van der Waals surface area contributed by atoms with Gasteiger partial charge in [0.25, 0.3) is 0 Å². The Morgan fingerprint density at radius 1 is 1.15 bits per heavy atom. The molecule has 2 heterocycles. The SMILES string of the molecule is COc1ccc(CCC(=O)N2CCCN(C(=O)C3CSCN3)CC2)cc1.Cl. The van der Waals surface area contributed by atoms with Crippen LogP contribution in [-0.2, 0) is 16.0 Å². The van der Waals surface area contributed by atoms with Crippen LogP contribution < -0.4 is 10.1 Å². The molecule has 2 amide bonds. The number of benzene rings is 1. The number of carbonyl (C=O) groups is 2. The highest BCUT2D eigenvalue weighted by Gasteiger charge is 2.29. The summed E-state index contributed by atoms with van der Waals surface area (Å²) in [7, 11) is 1.65. The van der Waals surface area contributed by atoms with Crippen molar-refractivity contribution in [3.63, 3.8) is 0 Å². The first-order chi connectivity index (χ1) is 12.7. The van der Waals surface area contributed by atoms with Crippen LogP contribution in [0.25, 0.3) is 0 Å². The highest BCUT2D eigenvalue weighted by Crippen LogP contribution is 2.15. The monoisotopic (exact) mass is 413 g/mol. The Morgan fingerprint density at radius 3 is 2.52 bits per heavy atom. The second kappa shape index (κ2) is 10.8. The number of ether oxygens (including phenoxy) is 1. The summed E-state index contributed by atoms with van der Waals surface area (Å²) in [6, 6.07) is 7.79. The van der Waals surface area contributed by atoms with Crippen molar-refractivity contribution in [3.05, 3.63) is 29.8 Å². The molecule has 1 N–H and O–H groups in total. The number of thioether (sulfide) groups is 1. The van der Waals surface area contributed by atoms with E-state index in [1.54, 1.807) is 18.9 Å². The van der Waals surface area contributed by atoms with E-state index >= 15 is 0 Å². The van der Waals surface area contributed by atoms with Crippen molar-refractivity contribution in [1.82, 2.24) is 15.1 Å². The number of hydrogen-bond donors (Lipinski definition) is 1. The number of methoxy groups -OCH3 is 1. The van der Waals surface area contributed by atoms with E-state index < -0.39 is 0 Å². The van der Waals surface area contributed by atoms with E-state index in [0.717, 1.165) is 48.9 Å². The molecule has 1 aromatic rings. The molecule has 0 bridgehead atoms. The van der Waals surface area contributed by atoms with E-state index in [4.69, 9.17) is 4.74 Å². The van der Waals surface area contributed by atoms with Crippen molar-refractivity contribution in [2.24, 2.45) is 0 Å². The number of rotatable bonds is 5. The summed E-state index contributed by atoms with van der Waals surface area (Å²) >= 11 is 1.76. The van der Waals surface area contributed by atoms with Gasteiger partial charge in [-0.15, -0.1) is 24.2 Å². The molecule has 2 fully saturated rings. The average molecular weight is 414 g/mol. The Labute approximate surface area is 171 Å². The first-order valence-corrected chi connectivity index (χ1v) is 10.3. The van der Waals surface area contributed by atoms with E-state index in [-0.39, 0.29) is 30.3 Å². The van der Waals surface area contributed by atoms with Gasteiger partial charge < -0.3 is 14.5 Å². The van der Waals surface area contributed by atoms with Crippen molar-refractivity contribution in [1.29, 1.82) is 0 Å². The Balaban J connectivity index is 0.00000261. The number of halogens is 1. The standard InChI is InChI=1S/C19H27N3O3S.ClH/c1-25-16-6-3-15(4-7-16)5-8-18(23)21-9-2-10-22(12-11-21)19(24)17-13-26-14-20-17;/h3-4,6-7,17,20H,2,5,8-14H2,1H3;1H. The molecule has 0 saturated carbocycles. The van der Waals surface area contributed by atoms with E-state index in [0.29, 0.717) is 19.5 Å². The maximum Gasteiger partial charge on any atom is 0.240 e. The second-order valence-corrected chi connectivity index (χ2v) is 7.71. The summed E-state index contributed by atoms with van der Waals surface area (Å²) in [5.41, 5.74) is 1.13. The third-order valence-electron chi connectivity index (χ3n) is 4.96. The average Bonchev–Trinajstić information content (AvgIpc) is 3.10. The van der Waals surface area contributed by atoms with E-state index in [1.807, 2.05) is 34.1 Å². The highest BCUT2D eigenvalue weighted by molar-refractivity contribution is 7.99. The van der Waals surface area contributed by atoms with Gasteiger partial charge in [-0.3, -0.25) is 14.9 Å². The van der Waals surface area contributed by atoms with Crippen molar-refractivity contribution >= 4 is 36.0 Å². The van der Waals surface area contributed by atoms with Crippen molar-refractivity contribution in [2.45, 2.75) is 25.3 Å². The minimum Gasteiger partial charge on any atom is -0.497 e. The molecule has 0 radical (unpaired) electrons. The van der Waals surface area contributed by atoms with Crippen LogP contribution in [0.2, 0.25) is 0 Å². The fraction of sp³-hybridized carbons (Fsp3) is 0.579. The zero-order valence-corrected chi connectivity index (χ0v) is 17.3. The summed E-state index contributed by atoms with van der Waals surface area (Å²) in [5, 5.41) is 3.24. The lowest BCUT2D eigenvalue weighted by Gasteiger charge is -2.24. The van der Waals surface area contributed by atoms with E-state index in [9.17, 15) is 9.59 Å². The third kappa shape index (κ3) is 6.02. The number of carbonyl (C=O) groups excluding carboxylic acids is 2. The quantitative estimate of drug-likeness (QED) is 0.797. The van der Waals surface area contributed by atoms with E-state index in [2.05, 4.69) is 5.32 Å². The maximum atomic E-state index is 12.6. The number of aryl methyl sites for hydroxylation is 1. The van der Waals surface area contributed by atoms with Gasteiger partial charge in [0.05, 0.1) is 13.2 Å². The van der Waals surface area contributed by atoms with Crippen LogP contribution in [0.4, 0.5) is 0 Å². The van der Waals surface area contributed by atoms with Gasteiger partial charge in [0, 0.05) is 44.2 Å². The lowest BCUT2D eigenvalue weighted by Crippen LogP contribution is -2.46. The van der Waals surface area contributed by atoms with Crippen LogP contribution in [0.5, 0.6) is 5.75 Å². The molecule has 2 saturated heterocycles. The largest absolute Gasteiger partial charge is 0.497 e. The minimum atomic E-state index is -0.0580. The minimum absolute atomic E-state index is 0. The molecule has 1 unspecified atom stereocenters. The zero-order chi connectivity index (χ0) is 18.4. The molecule has 2 aliphatic heterocycles. The normalized spacial score (nSPS) is 20.0. The third-order valence-corrected chi connectivity index (χ3v) is 5.90. The lowest BCUT2D eigenvalue weighted by atomic mass is 10.1. The summed E-state index contributed by atoms with van der Waals surface area (Å²) in [5.74, 6) is 2.87. The van der Waals surface area contributed by atoms with Crippen molar-refractivity contribution in [2.75, 3.05) is 44.9 Å². The van der Waals surface area contributed by atoms with Crippen LogP contribution in [-0.4, -0.2) is 72.6 Å². The molecular weight excluding hydrogens is 386 g/mol. The second-order valence-electron chi connectivity index (χ2n) is 6.68. The topological polar surface area (TPSA) is 61.9 Å². The van der Waals surface area contributed by atoms with Crippen LogP contribution >= 0.6 is 24.2 Å². The molecule has 150 valence electrons. The van der Waals surface area contributed by atoms with E-state index in [1.165, 1.54) is 0 Å². The Kier molecular flexibility index (Phi) is 8.73. The molecule has 8 heteroatoms. The van der Waals surface area contributed by atoms with Crippen LogP contribution in [0.3, 0.4) is 0 Å². The van der Waals surface area contributed by atoms with Crippen LogP contribution in [0.1, 0.15) is 18.4 Å². The summed E-state index contributed by atoms with van der Waals surface area (Å²) in [6.07, 6.45) is 2.08. The van der Waals surface area contributed by atoms with Gasteiger partial charge in [-0.1, -0.05) is 12.1 Å². The van der Waals surface area contributed by atoms with Gasteiger partial charge in [-0.25, -0.2) is 0 Å². The molecule has 0 aromatic heterocycles. The molecule has 6 nitrogen and oxygen atoms in total. The number of nitrogens with zero attached hydrogens (tertiary/aromatic N) is 2. The Hall–Kier alpha value is -1.44. The fourth-order valence-corrected chi connectivity index (χ4v) is 4.30. The molecule has 3 rings (SSSR count). The van der Waals surface area contributed by atoms with Gasteiger partial charge in [0.15, 0.2) is 0 Å². The predicted molar refractivity (Wildman–Crippen MR) is 111 cm³/mol. The van der Waals surface area contributed by atoms with Gasteiger partial charge in [-0.05, 0) is 30.5 Å². The van der Waals surface area contributed by atoms with Gasteiger partial charge in [0.2, 0.25) is 11.8 Å². The van der Waals surface area contributed by atoms with Crippen molar-refractivity contribution < 1.29 is 14.3 Å². The molecule has 1 aromatic carbocycles. The summed E-state index contributed by atoms with van der Waals surface area (Å²) in [6.45, 7) is 2.74. The molecular formula is C19H28ClN3O3S. The lowest BCUT2D eigenvalue weighted by molar-refractivity contribution is -0.134. The van der Waals surface area contributed by atoms with Gasteiger partial charge in [0.1, 0.15) is 5.75 Å². The molecule has 1 atom stereocenters. The predicted octanol–water partition coefficient (Wildman–Crippen LogP) is 1.77. The Morgan fingerprint density at radius 2 is 1.85 bits per heavy atom. The number of nitrogens with one attached hydrogen (secondary N) is 1. The first kappa shape index (κ1) is 21.9. The highest BCUT2D eigenvalue weighted by atomic mass is 35.5. The molecule has 0 aliphatic carbocycles. The number of amides is 2. The van der Waals surface area contributed by atoms with Gasteiger partial charge in [-0.2, -0.15) is 0 Å². The van der Waals surface area contributed by atoms with Crippen LogP contribution in [0.15, 0.2) is 24.3 Å².